The molecule has 1 N–H and O–H groups in total. The minimum Gasteiger partial charge on any atom is -0.456 e. The molecule has 2 aromatic rings. The number of hydrogen-bond donors (Lipinski definition) is 1. The first kappa shape index (κ1) is 19.5. The van der Waals surface area contributed by atoms with E-state index in [-0.39, 0.29) is 30.0 Å². The van der Waals surface area contributed by atoms with Gasteiger partial charge in [0.25, 0.3) is 11.6 Å². The number of carbonyl (C=O) groups excluding carboxylic acids is 3. The normalized spacial score (nSPS) is 10.2. The van der Waals surface area contributed by atoms with E-state index >= 15 is 0 Å². The molecule has 10 heteroatoms. The van der Waals surface area contributed by atoms with Gasteiger partial charge in [0.2, 0.25) is 0 Å². The summed E-state index contributed by atoms with van der Waals surface area (Å²) in [6, 6.07) is 8.75. The number of carbonyl (C=O) groups is 3. The number of para-hydroxylation sites is 2. The van der Waals surface area contributed by atoms with E-state index in [4.69, 9.17) is 16.3 Å². The van der Waals surface area contributed by atoms with Gasteiger partial charge in [0, 0.05) is 12.5 Å². The summed E-state index contributed by atoms with van der Waals surface area (Å²) >= 11 is 6.85. The highest BCUT2D eigenvalue weighted by atomic mass is 35.5. The highest BCUT2D eigenvalue weighted by Gasteiger charge is 2.16. The third-order valence-corrected chi connectivity index (χ3v) is 4.42. The molecule has 0 saturated carbocycles. The fraction of sp³-hybridized carbons (Fsp3) is 0.188. The van der Waals surface area contributed by atoms with Crippen LogP contribution < -0.4 is 5.32 Å². The number of benzene rings is 1. The van der Waals surface area contributed by atoms with E-state index in [2.05, 4.69) is 5.32 Å². The van der Waals surface area contributed by atoms with Crippen molar-refractivity contribution < 1.29 is 24.0 Å². The maximum atomic E-state index is 11.8. The average Bonchev–Trinajstić information content (AvgIpc) is 3.04. The summed E-state index contributed by atoms with van der Waals surface area (Å²) in [7, 11) is 0. The molecule has 1 amide bonds. The van der Waals surface area contributed by atoms with Crippen LogP contribution in [0.3, 0.4) is 0 Å². The van der Waals surface area contributed by atoms with Crippen LogP contribution in [-0.2, 0) is 14.3 Å². The van der Waals surface area contributed by atoms with E-state index in [9.17, 15) is 24.5 Å². The lowest BCUT2D eigenvalue weighted by Gasteiger charge is -2.07. The Kier molecular flexibility index (Phi) is 6.81. The van der Waals surface area contributed by atoms with E-state index in [1.54, 1.807) is 12.1 Å². The fourth-order valence-electron chi connectivity index (χ4n) is 1.95. The number of ketones is 1. The van der Waals surface area contributed by atoms with Gasteiger partial charge in [0.05, 0.1) is 20.6 Å². The van der Waals surface area contributed by atoms with Gasteiger partial charge in [-0.3, -0.25) is 24.5 Å². The molecule has 0 unspecified atom stereocenters. The molecule has 0 fully saturated rings. The molecule has 26 heavy (non-hydrogen) atoms. The van der Waals surface area contributed by atoms with Crippen LogP contribution in [0.2, 0.25) is 4.34 Å². The maximum Gasteiger partial charge on any atom is 0.306 e. The molecule has 0 aliphatic carbocycles. The minimum atomic E-state index is -0.723. The van der Waals surface area contributed by atoms with Gasteiger partial charge in [-0.15, -0.1) is 11.3 Å². The van der Waals surface area contributed by atoms with Gasteiger partial charge >= 0.3 is 5.97 Å². The van der Waals surface area contributed by atoms with Crippen LogP contribution >= 0.6 is 22.9 Å². The predicted octanol–water partition coefficient (Wildman–Crippen LogP) is 3.45. The zero-order valence-electron chi connectivity index (χ0n) is 13.3. The minimum absolute atomic E-state index is 0.00306. The monoisotopic (exact) mass is 396 g/mol. The Morgan fingerprint density at radius 3 is 2.54 bits per heavy atom. The van der Waals surface area contributed by atoms with Crippen LogP contribution in [0.4, 0.5) is 11.4 Å². The number of ether oxygens (including phenoxy) is 1. The van der Waals surface area contributed by atoms with Crippen molar-refractivity contribution in [3.05, 3.63) is 55.7 Å². The first-order valence-electron chi connectivity index (χ1n) is 7.34. The second kappa shape index (κ2) is 9.07. The number of rotatable bonds is 8. The molecule has 2 rings (SSSR count). The van der Waals surface area contributed by atoms with E-state index in [0.717, 1.165) is 11.3 Å². The zero-order chi connectivity index (χ0) is 19.1. The molecule has 0 radical (unpaired) electrons. The number of amides is 1. The topological polar surface area (TPSA) is 116 Å². The summed E-state index contributed by atoms with van der Waals surface area (Å²) in [5, 5.41) is 13.2. The first-order valence-corrected chi connectivity index (χ1v) is 8.53. The lowest BCUT2D eigenvalue weighted by molar-refractivity contribution is -0.383. The molecule has 0 atom stereocenters. The molecule has 0 spiro atoms. The van der Waals surface area contributed by atoms with Crippen molar-refractivity contribution in [3.8, 4) is 0 Å². The predicted molar refractivity (Wildman–Crippen MR) is 95.6 cm³/mol. The molecule has 0 saturated heterocycles. The van der Waals surface area contributed by atoms with E-state index in [1.165, 1.54) is 24.3 Å². The number of thiophene rings is 1. The number of Topliss-reactive ketones (excluding diaryl/α,β-unsaturated/α-hetero) is 1. The van der Waals surface area contributed by atoms with Crippen molar-refractivity contribution in [2.75, 3.05) is 11.9 Å². The maximum absolute atomic E-state index is 11.8. The highest BCUT2D eigenvalue weighted by molar-refractivity contribution is 7.18. The van der Waals surface area contributed by atoms with Crippen molar-refractivity contribution in [2.24, 2.45) is 0 Å². The summed E-state index contributed by atoms with van der Waals surface area (Å²) in [4.78, 5) is 45.9. The summed E-state index contributed by atoms with van der Waals surface area (Å²) in [6.45, 7) is -0.607. The third-order valence-electron chi connectivity index (χ3n) is 3.14. The Labute approximate surface area is 156 Å². The Morgan fingerprint density at radius 2 is 1.88 bits per heavy atom. The lowest BCUT2D eigenvalue weighted by Crippen LogP contribution is -2.21. The summed E-state index contributed by atoms with van der Waals surface area (Å²) in [5.74, 6) is -1.69. The van der Waals surface area contributed by atoms with Crippen LogP contribution in [-0.4, -0.2) is 29.2 Å². The van der Waals surface area contributed by atoms with E-state index in [0.29, 0.717) is 9.21 Å². The quantitative estimate of drug-likeness (QED) is 0.316. The number of nitro groups is 1. The van der Waals surface area contributed by atoms with Gasteiger partial charge < -0.3 is 10.1 Å². The molecule has 8 nitrogen and oxygen atoms in total. The Bertz CT molecular complexity index is 851. The van der Waals surface area contributed by atoms with Crippen LogP contribution in [0.5, 0.6) is 0 Å². The second-order valence-electron chi connectivity index (χ2n) is 5.01. The van der Waals surface area contributed by atoms with Gasteiger partial charge in [-0.1, -0.05) is 23.7 Å². The van der Waals surface area contributed by atoms with Crippen LogP contribution in [0.25, 0.3) is 0 Å². The van der Waals surface area contributed by atoms with Crippen molar-refractivity contribution in [1.82, 2.24) is 0 Å². The SMILES string of the molecule is O=C(COC(=O)CCC(=O)c1ccc(Cl)s1)Nc1ccccc1[N+](=O)[O-]. The Morgan fingerprint density at radius 1 is 1.15 bits per heavy atom. The number of nitro benzene ring substituents is 1. The number of nitrogens with one attached hydrogen (secondary N) is 1. The van der Waals surface area contributed by atoms with E-state index < -0.39 is 23.4 Å². The number of nitrogens with zero attached hydrogens (tertiary/aromatic N) is 1. The van der Waals surface area contributed by atoms with Crippen molar-refractivity contribution in [2.45, 2.75) is 12.8 Å². The largest absolute Gasteiger partial charge is 0.456 e. The number of hydrogen-bond acceptors (Lipinski definition) is 7. The van der Waals surface area contributed by atoms with E-state index in [1.807, 2.05) is 0 Å². The molecule has 0 aliphatic rings. The van der Waals surface area contributed by atoms with Gasteiger partial charge in [-0.2, -0.15) is 0 Å². The van der Waals surface area contributed by atoms with Crippen molar-refractivity contribution in [1.29, 1.82) is 0 Å². The summed E-state index contributed by atoms with van der Waals surface area (Å²) < 4.78 is 5.25. The van der Waals surface area contributed by atoms with Crippen molar-refractivity contribution in [3.63, 3.8) is 0 Å². The zero-order valence-corrected chi connectivity index (χ0v) is 14.8. The lowest BCUT2D eigenvalue weighted by atomic mass is 10.2. The molecular weight excluding hydrogens is 384 g/mol. The summed E-state index contributed by atoms with van der Waals surface area (Å²) in [5.41, 5.74) is -0.268. The molecular formula is C16H13ClN2O6S. The van der Waals surface area contributed by atoms with Gasteiger partial charge in [-0.05, 0) is 18.2 Å². The Hall–Kier alpha value is -2.78. The number of esters is 1. The smallest absolute Gasteiger partial charge is 0.306 e. The number of halogens is 1. The standard InChI is InChI=1S/C16H13ClN2O6S/c17-14-7-6-13(26-14)12(20)5-8-16(22)25-9-15(21)18-10-3-1-2-4-11(10)19(23)24/h1-4,6-7H,5,8-9H2,(H,18,21). The van der Waals surface area contributed by atoms with Crippen LogP contribution in [0.15, 0.2) is 36.4 Å². The fourth-order valence-corrected chi connectivity index (χ4v) is 2.96. The molecule has 1 aromatic carbocycles. The highest BCUT2D eigenvalue weighted by Crippen LogP contribution is 2.24. The van der Waals surface area contributed by atoms with Crippen LogP contribution in [0.1, 0.15) is 22.5 Å². The van der Waals surface area contributed by atoms with Gasteiger partial charge in [0.1, 0.15) is 5.69 Å². The molecule has 0 bridgehead atoms. The molecule has 0 aliphatic heterocycles. The second-order valence-corrected chi connectivity index (χ2v) is 6.73. The summed E-state index contributed by atoms with van der Waals surface area (Å²) in [6.07, 6.45) is -0.255. The molecule has 1 aromatic heterocycles. The first-order chi connectivity index (χ1) is 12.4. The van der Waals surface area contributed by atoms with Crippen molar-refractivity contribution >= 4 is 52.0 Å². The third kappa shape index (κ3) is 5.64. The van der Waals surface area contributed by atoms with Crippen LogP contribution in [0, 0.1) is 10.1 Å². The molecule has 136 valence electrons. The average molecular weight is 397 g/mol. The molecule has 1 heterocycles. The number of anilines is 1. The Balaban J connectivity index is 1.77. The van der Waals surface area contributed by atoms with Gasteiger partial charge in [0.15, 0.2) is 12.4 Å². The van der Waals surface area contributed by atoms with Gasteiger partial charge in [-0.25, -0.2) is 0 Å².